The largest absolute Gasteiger partial charge is 0.390 e. The molecule has 0 aliphatic carbocycles. The molecule has 3 nitrogen and oxygen atoms in total. The van der Waals surface area contributed by atoms with Crippen molar-refractivity contribution in [2.75, 3.05) is 6.54 Å². The van der Waals surface area contributed by atoms with E-state index >= 15 is 0 Å². The van der Waals surface area contributed by atoms with Crippen molar-refractivity contribution in [2.45, 2.75) is 26.4 Å². The predicted molar refractivity (Wildman–Crippen MR) is 36.1 cm³/mol. The molecular formula is C6H13NO2. The molecule has 0 saturated heterocycles. The lowest BCUT2D eigenvalue weighted by atomic mass is 9.93. The van der Waals surface area contributed by atoms with Gasteiger partial charge in [0, 0.05) is 5.92 Å². The first kappa shape index (κ1) is 8.56. The third kappa shape index (κ3) is 3.19. The SMILES string of the molecule is C[C@@H](CN=O)C(C)(C)O. The van der Waals surface area contributed by atoms with Gasteiger partial charge in [0.1, 0.15) is 0 Å². The van der Waals surface area contributed by atoms with E-state index in [0.717, 1.165) is 0 Å². The van der Waals surface area contributed by atoms with E-state index in [1.165, 1.54) is 0 Å². The van der Waals surface area contributed by atoms with Crippen molar-refractivity contribution in [3.05, 3.63) is 4.91 Å². The van der Waals surface area contributed by atoms with Crippen LogP contribution in [0.5, 0.6) is 0 Å². The molecular weight excluding hydrogens is 118 g/mol. The van der Waals surface area contributed by atoms with Crippen molar-refractivity contribution in [1.82, 2.24) is 0 Å². The molecule has 0 saturated carbocycles. The average Bonchev–Trinajstić information content (AvgIpc) is 1.64. The summed E-state index contributed by atoms with van der Waals surface area (Å²) in [4.78, 5) is 9.70. The van der Waals surface area contributed by atoms with Gasteiger partial charge in [-0.15, -0.1) is 0 Å². The van der Waals surface area contributed by atoms with Crippen LogP contribution in [0.4, 0.5) is 0 Å². The molecule has 0 aliphatic heterocycles. The molecule has 1 atom stereocenters. The van der Waals surface area contributed by atoms with E-state index in [4.69, 9.17) is 0 Å². The van der Waals surface area contributed by atoms with Crippen molar-refractivity contribution in [3.8, 4) is 0 Å². The Bertz CT molecular complexity index is 95.7. The highest BCUT2D eigenvalue weighted by atomic mass is 16.3. The van der Waals surface area contributed by atoms with Gasteiger partial charge in [-0.05, 0) is 13.8 Å². The first-order valence-electron chi connectivity index (χ1n) is 3.00. The molecule has 0 heterocycles. The van der Waals surface area contributed by atoms with Crippen LogP contribution in [0.2, 0.25) is 0 Å². The molecule has 0 rings (SSSR count). The normalized spacial score (nSPS) is 15.1. The van der Waals surface area contributed by atoms with Crippen LogP contribution in [0.3, 0.4) is 0 Å². The third-order valence-corrected chi connectivity index (χ3v) is 1.55. The van der Waals surface area contributed by atoms with Crippen LogP contribution in [0.15, 0.2) is 5.18 Å². The fraction of sp³-hybridized carbons (Fsp3) is 1.00. The molecule has 0 fully saturated rings. The van der Waals surface area contributed by atoms with Crippen molar-refractivity contribution >= 4 is 0 Å². The van der Waals surface area contributed by atoms with Gasteiger partial charge >= 0.3 is 0 Å². The molecule has 9 heavy (non-hydrogen) atoms. The van der Waals surface area contributed by atoms with E-state index in [1.807, 2.05) is 0 Å². The number of hydrogen-bond acceptors (Lipinski definition) is 3. The minimum Gasteiger partial charge on any atom is -0.390 e. The number of nitroso groups, excluding NO2 is 1. The molecule has 0 aliphatic rings. The lowest BCUT2D eigenvalue weighted by Crippen LogP contribution is -2.30. The van der Waals surface area contributed by atoms with E-state index in [9.17, 15) is 10.0 Å². The van der Waals surface area contributed by atoms with Crippen LogP contribution in [-0.2, 0) is 0 Å². The molecule has 0 bridgehead atoms. The Labute approximate surface area is 55.1 Å². The van der Waals surface area contributed by atoms with E-state index in [-0.39, 0.29) is 12.5 Å². The second kappa shape index (κ2) is 2.92. The Morgan fingerprint density at radius 3 is 2.22 bits per heavy atom. The van der Waals surface area contributed by atoms with Gasteiger partial charge in [0.15, 0.2) is 0 Å². The fourth-order valence-electron chi connectivity index (χ4n) is 0.335. The summed E-state index contributed by atoms with van der Waals surface area (Å²) < 4.78 is 0. The Morgan fingerprint density at radius 1 is 1.67 bits per heavy atom. The summed E-state index contributed by atoms with van der Waals surface area (Å²) in [6.45, 7) is 5.32. The summed E-state index contributed by atoms with van der Waals surface area (Å²) in [7, 11) is 0. The smallest absolute Gasteiger partial charge is 0.0863 e. The van der Waals surface area contributed by atoms with Gasteiger partial charge in [-0.2, -0.15) is 4.91 Å². The highest BCUT2D eigenvalue weighted by Gasteiger charge is 2.21. The van der Waals surface area contributed by atoms with Crippen LogP contribution in [0, 0.1) is 10.8 Å². The van der Waals surface area contributed by atoms with Crippen molar-refractivity contribution < 1.29 is 5.11 Å². The Hall–Kier alpha value is -0.440. The van der Waals surface area contributed by atoms with E-state index in [1.54, 1.807) is 20.8 Å². The minimum atomic E-state index is -0.784. The summed E-state index contributed by atoms with van der Waals surface area (Å²) in [5.41, 5.74) is -0.784. The van der Waals surface area contributed by atoms with Gasteiger partial charge < -0.3 is 5.11 Å². The number of hydrogen-bond donors (Lipinski definition) is 1. The highest BCUT2D eigenvalue weighted by Crippen LogP contribution is 2.14. The van der Waals surface area contributed by atoms with Crippen molar-refractivity contribution in [1.29, 1.82) is 0 Å². The lowest BCUT2D eigenvalue weighted by molar-refractivity contribution is 0.0287. The predicted octanol–water partition coefficient (Wildman–Crippen LogP) is 1.16. The lowest BCUT2D eigenvalue weighted by Gasteiger charge is -2.22. The van der Waals surface area contributed by atoms with Gasteiger partial charge in [0.05, 0.1) is 12.1 Å². The maximum absolute atomic E-state index is 9.70. The van der Waals surface area contributed by atoms with Gasteiger partial charge in [0.25, 0.3) is 0 Å². The zero-order chi connectivity index (χ0) is 7.49. The Kier molecular flexibility index (Phi) is 2.77. The van der Waals surface area contributed by atoms with E-state index in [0.29, 0.717) is 0 Å². The zero-order valence-electron chi connectivity index (χ0n) is 6.09. The molecule has 54 valence electrons. The number of rotatable bonds is 3. The maximum atomic E-state index is 9.70. The number of aliphatic hydroxyl groups is 1. The molecule has 0 radical (unpaired) electrons. The molecule has 3 heteroatoms. The Balaban J connectivity index is 3.72. The highest BCUT2D eigenvalue weighted by molar-refractivity contribution is 4.74. The molecule has 1 N–H and O–H groups in total. The summed E-state index contributed by atoms with van der Waals surface area (Å²) in [6.07, 6.45) is 0. The maximum Gasteiger partial charge on any atom is 0.0863 e. The van der Waals surface area contributed by atoms with Crippen LogP contribution in [0.25, 0.3) is 0 Å². The average molecular weight is 131 g/mol. The van der Waals surface area contributed by atoms with Crippen molar-refractivity contribution in [2.24, 2.45) is 11.1 Å². The molecule has 0 amide bonds. The van der Waals surface area contributed by atoms with E-state index < -0.39 is 5.60 Å². The zero-order valence-corrected chi connectivity index (χ0v) is 6.09. The van der Waals surface area contributed by atoms with Gasteiger partial charge in [0.2, 0.25) is 0 Å². The summed E-state index contributed by atoms with van der Waals surface area (Å²) in [5.74, 6) is -0.0602. The van der Waals surface area contributed by atoms with Crippen LogP contribution in [-0.4, -0.2) is 17.3 Å². The summed E-state index contributed by atoms with van der Waals surface area (Å²) in [5, 5.41) is 11.9. The quantitative estimate of drug-likeness (QED) is 0.584. The van der Waals surface area contributed by atoms with E-state index in [2.05, 4.69) is 5.18 Å². The minimum absolute atomic E-state index is 0.0602. The van der Waals surface area contributed by atoms with Gasteiger partial charge in [-0.25, -0.2) is 0 Å². The molecule has 0 spiro atoms. The first-order valence-corrected chi connectivity index (χ1v) is 3.00. The number of nitrogens with zero attached hydrogens (tertiary/aromatic N) is 1. The van der Waals surface area contributed by atoms with Crippen molar-refractivity contribution in [3.63, 3.8) is 0 Å². The molecule has 0 aromatic rings. The first-order chi connectivity index (χ1) is 3.98. The van der Waals surface area contributed by atoms with Gasteiger partial charge in [-0.1, -0.05) is 12.1 Å². The molecule has 0 unspecified atom stereocenters. The fourth-order valence-corrected chi connectivity index (χ4v) is 0.335. The van der Waals surface area contributed by atoms with Crippen LogP contribution < -0.4 is 0 Å². The monoisotopic (exact) mass is 131 g/mol. The second-order valence-corrected chi connectivity index (χ2v) is 2.87. The summed E-state index contributed by atoms with van der Waals surface area (Å²) >= 11 is 0. The second-order valence-electron chi connectivity index (χ2n) is 2.87. The third-order valence-electron chi connectivity index (χ3n) is 1.55. The topological polar surface area (TPSA) is 49.7 Å². The molecule has 0 aromatic carbocycles. The molecule has 0 aromatic heterocycles. The standard InChI is InChI=1S/C6H13NO2/c1-5(4-7-9)6(2,3)8/h5,8H,4H2,1-3H3/t5-/m0/s1. The van der Waals surface area contributed by atoms with Crippen LogP contribution in [0.1, 0.15) is 20.8 Å². The summed E-state index contributed by atoms with van der Waals surface area (Å²) in [6, 6.07) is 0. The van der Waals surface area contributed by atoms with Crippen LogP contribution >= 0.6 is 0 Å². The Morgan fingerprint density at radius 2 is 2.11 bits per heavy atom. The van der Waals surface area contributed by atoms with Gasteiger partial charge in [-0.3, -0.25) is 0 Å².